The average molecular weight is 224 g/mol. The summed E-state index contributed by atoms with van der Waals surface area (Å²) < 4.78 is 10.6. The summed E-state index contributed by atoms with van der Waals surface area (Å²) >= 11 is 0. The van der Waals surface area contributed by atoms with E-state index >= 15 is 0 Å². The number of hydrogen-bond acceptors (Lipinski definition) is 4. The van der Waals surface area contributed by atoms with E-state index in [4.69, 9.17) is 9.47 Å². The zero-order chi connectivity index (χ0) is 11.8. The van der Waals surface area contributed by atoms with E-state index < -0.39 is 0 Å². The third kappa shape index (κ3) is 4.16. The maximum absolute atomic E-state index is 5.43. The van der Waals surface area contributed by atoms with Gasteiger partial charge >= 0.3 is 0 Å². The molecule has 0 saturated heterocycles. The SMILES string of the molecule is CCOC(C)CNCc1cccnc1OC. The van der Waals surface area contributed by atoms with E-state index in [-0.39, 0.29) is 6.10 Å². The van der Waals surface area contributed by atoms with Gasteiger partial charge in [-0.1, -0.05) is 6.07 Å². The van der Waals surface area contributed by atoms with Crippen molar-refractivity contribution in [1.29, 1.82) is 0 Å². The van der Waals surface area contributed by atoms with Gasteiger partial charge in [-0.3, -0.25) is 0 Å². The van der Waals surface area contributed by atoms with Gasteiger partial charge in [-0.05, 0) is 19.9 Å². The van der Waals surface area contributed by atoms with Crippen molar-refractivity contribution in [2.24, 2.45) is 0 Å². The molecule has 0 radical (unpaired) electrons. The highest BCUT2D eigenvalue weighted by Gasteiger charge is 2.04. The predicted octanol–water partition coefficient (Wildman–Crippen LogP) is 1.60. The molecule has 1 atom stereocenters. The summed E-state index contributed by atoms with van der Waals surface area (Å²) in [4.78, 5) is 4.14. The highest BCUT2D eigenvalue weighted by molar-refractivity contribution is 5.24. The third-order valence-electron chi connectivity index (χ3n) is 2.24. The second-order valence-corrected chi connectivity index (χ2v) is 3.57. The molecule has 0 aliphatic carbocycles. The van der Waals surface area contributed by atoms with Crippen molar-refractivity contribution in [3.05, 3.63) is 23.9 Å². The van der Waals surface area contributed by atoms with Gasteiger partial charge in [-0.15, -0.1) is 0 Å². The smallest absolute Gasteiger partial charge is 0.217 e. The van der Waals surface area contributed by atoms with Gasteiger partial charge in [0.1, 0.15) is 0 Å². The van der Waals surface area contributed by atoms with Crippen molar-refractivity contribution >= 4 is 0 Å². The number of pyridine rings is 1. The molecule has 4 heteroatoms. The third-order valence-corrected chi connectivity index (χ3v) is 2.24. The zero-order valence-corrected chi connectivity index (χ0v) is 10.2. The number of nitrogens with one attached hydrogen (secondary N) is 1. The number of nitrogens with zero attached hydrogens (tertiary/aromatic N) is 1. The molecule has 0 spiro atoms. The molecular formula is C12H20N2O2. The van der Waals surface area contributed by atoms with E-state index in [0.29, 0.717) is 5.88 Å². The lowest BCUT2D eigenvalue weighted by Crippen LogP contribution is -2.26. The molecule has 1 aromatic heterocycles. The van der Waals surface area contributed by atoms with E-state index in [1.165, 1.54) is 0 Å². The first kappa shape index (κ1) is 12.9. The molecule has 0 aliphatic rings. The molecule has 1 rings (SSSR count). The van der Waals surface area contributed by atoms with E-state index in [0.717, 1.165) is 25.3 Å². The Labute approximate surface area is 97.0 Å². The van der Waals surface area contributed by atoms with Crippen molar-refractivity contribution in [3.63, 3.8) is 0 Å². The van der Waals surface area contributed by atoms with Crippen molar-refractivity contribution in [1.82, 2.24) is 10.3 Å². The number of aromatic nitrogens is 1. The fourth-order valence-corrected chi connectivity index (χ4v) is 1.50. The molecule has 16 heavy (non-hydrogen) atoms. The lowest BCUT2D eigenvalue weighted by molar-refractivity contribution is 0.0759. The van der Waals surface area contributed by atoms with Crippen molar-refractivity contribution in [2.75, 3.05) is 20.3 Å². The lowest BCUT2D eigenvalue weighted by atomic mass is 10.2. The summed E-state index contributed by atoms with van der Waals surface area (Å²) in [6.45, 7) is 6.37. The maximum Gasteiger partial charge on any atom is 0.217 e. The summed E-state index contributed by atoms with van der Waals surface area (Å²) in [6.07, 6.45) is 1.96. The van der Waals surface area contributed by atoms with E-state index in [2.05, 4.69) is 17.2 Å². The monoisotopic (exact) mass is 224 g/mol. The Morgan fingerprint density at radius 1 is 1.50 bits per heavy atom. The van der Waals surface area contributed by atoms with Crippen molar-refractivity contribution in [2.45, 2.75) is 26.5 Å². The summed E-state index contributed by atoms with van der Waals surface area (Å²) in [5, 5.41) is 3.32. The summed E-state index contributed by atoms with van der Waals surface area (Å²) in [6, 6.07) is 3.91. The van der Waals surface area contributed by atoms with Crippen LogP contribution in [-0.2, 0) is 11.3 Å². The molecule has 0 amide bonds. The van der Waals surface area contributed by atoms with Crippen LogP contribution in [0.5, 0.6) is 5.88 Å². The molecule has 4 nitrogen and oxygen atoms in total. The van der Waals surface area contributed by atoms with Gasteiger partial charge in [0.15, 0.2) is 0 Å². The van der Waals surface area contributed by atoms with Gasteiger partial charge < -0.3 is 14.8 Å². The summed E-state index contributed by atoms with van der Waals surface area (Å²) in [7, 11) is 1.63. The first-order chi connectivity index (χ1) is 7.77. The van der Waals surface area contributed by atoms with Crippen LogP contribution >= 0.6 is 0 Å². The van der Waals surface area contributed by atoms with Gasteiger partial charge in [-0.25, -0.2) is 4.98 Å². The number of hydrogen-bond donors (Lipinski definition) is 1. The maximum atomic E-state index is 5.43. The molecule has 1 heterocycles. The molecule has 1 N–H and O–H groups in total. The first-order valence-electron chi connectivity index (χ1n) is 5.58. The minimum Gasteiger partial charge on any atom is -0.481 e. The Kier molecular flexibility index (Phi) is 5.82. The Balaban J connectivity index is 2.36. The van der Waals surface area contributed by atoms with Crippen LogP contribution in [0.4, 0.5) is 0 Å². The molecule has 1 aromatic rings. The van der Waals surface area contributed by atoms with E-state index in [9.17, 15) is 0 Å². The molecule has 0 bridgehead atoms. The Bertz CT molecular complexity index is 305. The van der Waals surface area contributed by atoms with E-state index in [1.807, 2.05) is 19.1 Å². The zero-order valence-electron chi connectivity index (χ0n) is 10.2. The average Bonchev–Trinajstić information content (AvgIpc) is 2.30. The summed E-state index contributed by atoms with van der Waals surface area (Å²) in [5.74, 6) is 0.680. The Hall–Kier alpha value is -1.13. The first-order valence-corrected chi connectivity index (χ1v) is 5.58. The fourth-order valence-electron chi connectivity index (χ4n) is 1.50. The van der Waals surface area contributed by atoms with Gasteiger partial charge in [0.05, 0.1) is 13.2 Å². The number of methoxy groups -OCH3 is 1. The minimum absolute atomic E-state index is 0.229. The predicted molar refractivity (Wildman–Crippen MR) is 63.6 cm³/mol. The van der Waals surface area contributed by atoms with Crippen LogP contribution in [0.25, 0.3) is 0 Å². The van der Waals surface area contributed by atoms with Crippen LogP contribution in [0.1, 0.15) is 19.4 Å². The summed E-state index contributed by atoms with van der Waals surface area (Å²) in [5.41, 5.74) is 1.06. The van der Waals surface area contributed by atoms with Crippen molar-refractivity contribution in [3.8, 4) is 5.88 Å². The Morgan fingerprint density at radius 2 is 2.31 bits per heavy atom. The van der Waals surface area contributed by atoms with Crippen LogP contribution in [0, 0.1) is 0 Å². The molecule has 0 aliphatic heterocycles. The van der Waals surface area contributed by atoms with Crippen LogP contribution < -0.4 is 10.1 Å². The van der Waals surface area contributed by atoms with Crippen LogP contribution in [0.15, 0.2) is 18.3 Å². The van der Waals surface area contributed by atoms with Crippen LogP contribution in [-0.4, -0.2) is 31.3 Å². The topological polar surface area (TPSA) is 43.4 Å². The molecular weight excluding hydrogens is 204 g/mol. The standard InChI is InChI=1S/C12H20N2O2/c1-4-16-10(2)8-13-9-11-6-5-7-14-12(11)15-3/h5-7,10,13H,4,8-9H2,1-3H3. The molecule has 90 valence electrons. The highest BCUT2D eigenvalue weighted by Crippen LogP contribution is 2.12. The van der Waals surface area contributed by atoms with Crippen molar-refractivity contribution < 1.29 is 9.47 Å². The fraction of sp³-hybridized carbons (Fsp3) is 0.583. The number of rotatable bonds is 7. The quantitative estimate of drug-likeness (QED) is 0.764. The van der Waals surface area contributed by atoms with Gasteiger partial charge in [-0.2, -0.15) is 0 Å². The molecule has 0 fully saturated rings. The Morgan fingerprint density at radius 3 is 3.00 bits per heavy atom. The lowest BCUT2D eigenvalue weighted by Gasteiger charge is -2.13. The second-order valence-electron chi connectivity index (χ2n) is 3.57. The molecule has 1 unspecified atom stereocenters. The highest BCUT2D eigenvalue weighted by atomic mass is 16.5. The van der Waals surface area contributed by atoms with Crippen LogP contribution in [0.2, 0.25) is 0 Å². The van der Waals surface area contributed by atoms with Gasteiger partial charge in [0.2, 0.25) is 5.88 Å². The van der Waals surface area contributed by atoms with Gasteiger partial charge in [0.25, 0.3) is 0 Å². The minimum atomic E-state index is 0.229. The van der Waals surface area contributed by atoms with Gasteiger partial charge in [0, 0.05) is 31.5 Å². The largest absolute Gasteiger partial charge is 0.481 e. The second kappa shape index (κ2) is 7.19. The molecule has 0 saturated carbocycles. The van der Waals surface area contributed by atoms with E-state index in [1.54, 1.807) is 13.3 Å². The molecule has 0 aromatic carbocycles. The normalized spacial score (nSPS) is 12.4. The van der Waals surface area contributed by atoms with Crippen LogP contribution in [0.3, 0.4) is 0 Å². The number of ether oxygens (including phenoxy) is 2.